The van der Waals surface area contributed by atoms with E-state index in [9.17, 15) is 0 Å². The smallest absolute Gasteiger partial charge is 0.0897 e. The molecular formula is C16H23N3S. The highest BCUT2D eigenvalue weighted by Crippen LogP contribution is 2.39. The third-order valence-electron chi connectivity index (χ3n) is 4.21. The molecule has 2 N–H and O–H groups in total. The van der Waals surface area contributed by atoms with Gasteiger partial charge in [0.1, 0.15) is 0 Å². The van der Waals surface area contributed by atoms with Crippen molar-refractivity contribution in [2.45, 2.75) is 52.6 Å². The first-order chi connectivity index (χ1) is 9.44. The van der Waals surface area contributed by atoms with Crippen LogP contribution in [-0.4, -0.2) is 9.55 Å². The van der Waals surface area contributed by atoms with Crippen molar-refractivity contribution in [3.05, 3.63) is 39.6 Å². The zero-order valence-electron chi connectivity index (χ0n) is 12.5. The molecule has 1 atom stereocenters. The normalized spacial score (nSPS) is 20.9. The summed E-state index contributed by atoms with van der Waals surface area (Å²) < 4.78 is 2.38. The Morgan fingerprint density at radius 1 is 1.50 bits per heavy atom. The molecule has 0 spiro atoms. The molecule has 1 unspecified atom stereocenters. The molecular weight excluding hydrogens is 266 g/mol. The highest BCUT2D eigenvalue weighted by Gasteiger charge is 2.32. The van der Waals surface area contributed by atoms with Crippen LogP contribution in [0, 0.1) is 12.3 Å². The molecule has 1 aliphatic carbocycles. The average molecular weight is 289 g/mol. The summed E-state index contributed by atoms with van der Waals surface area (Å²) in [5.41, 5.74) is 10.6. The number of aryl methyl sites for hydroxylation is 3. The fourth-order valence-electron chi connectivity index (χ4n) is 3.26. The van der Waals surface area contributed by atoms with Gasteiger partial charge in [0.2, 0.25) is 0 Å². The SMILES string of the molecule is Cc1nc(CCn2ccc3c2CC(C)(C)CC3N)cs1. The number of fused-ring (bicyclic) bond motifs is 1. The number of nitrogens with two attached hydrogens (primary N) is 1. The molecule has 0 bridgehead atoms. The van der Waals surface area contributed by atoms with Gasteiger partial charge in [-0.25, -0.2) is 4.98 Å². The van der Waals surface area contributed by atoms with Gasteiger partial charge < -0.3 is 10.3 Å². The van der Waals surface area contributed by atoms with E-state index >= 15 is 0 Å². The van der Waals surface area contributed by atoms with Crippen molar-refractivity contribution in [2.75, 3.05) is 0 Å². The monoisotopic (exact) mass is 289 g/mol. The minimum absolute atomic E-state index is 0.191. The molecule has 3 rings (SSSR count). The summed E-state index contributed by atoms with van der Waals surface area (Å²) in [6, 6.07) is 2.40. The van der Waals surface area contributed by atoms with E-state index in [0.29, 0.717) is 5.41 Å². The van der Waals surface area contributed by atoms with Gasteiger partial charge >= 0.3 is 0 Å². The lowest BCUT2D eigenvalue weighted by molar-refractivity contribution is 0.275. The Hall–Kier alpha value is -1.13. The quantitative estimate of drug-likeness (QED) is 0.940. The van der Waals surface area contributed by atoms with Crippen LogP contribution in [0.2, 0.25) is 0 Å². The van der Waals surface area contributed by atoms with Gasteiger partial charge in [-0.05, 0) is 36.8 Å². The molecule has 0 amide bonds. The molecule has 1 aliphatic rings. The first kappa shape index (κ1) is 13.8. The lowest BCUT2D eigenvalue weighted by atomic mass is 9.74. The lowest BCUT2D eigenvalue weighted by Crippen LogP contribution is -2.30. The zero-order chi connectivity index (χ0) is 14.3. The fourth-order valence-corrected chi connectivity index (χ4v) is 3.91. The summed E-state index contributed by atoms with van der Waals surface area (Å²) in [4.78, 5) is 4.55. The van der Waals surface area contributed by atoms with Crippen LogP contribution in [0.4, 0.5) is 0 Å². The van der Waals surface area contributed by atoms with Crippen molar-refractivity contribution in [1.29, 1.82) is 0 Å². The second-order valence-electron chi connectivity index (χ2n) is 6.67. The average Bonchev–Trinajstić information content (AvgIpc) is 2.92. The number of nitrogens with zero attached hydrogens (tertiary/aromatic N) is 2. The standard InChI is InChI=1S/C16H23N3S/c1-11-18-12(10-20-11)4-6-19-7-5-13-14(17)8-16(2,3)9-15(13)19/h5,7,10,14H,4,6,8-9,17H2,1-3H3. The molecule has 108 valence electrons. The van der Waals surface area contributed by atoms with Gasteiger partial charge in [0, 0.05) is 36.3 Å². The Kier molecular flexibility index (Phi) is 3.46. The zero-order valence-corrected chi connectivity index (χ0v) is 13.3. The number of hydrogen-bond acceptors (Lipinski definition) is 3. The van der Waals surface area contributed by atoms with E-state index < -0.39 is 0 Å². The molecule has 0 aromatic carbocycles. The number of rotatable bonds is 3. The molecule has 4 heteroatoms. The van der Waals surface area contributed by atoms with Crippen molar-refractivity contribution >= 4 is 11.3 Å². The van der Waals surface area contributed by atoms with Gasteiger partial charge in [0.15, 0.2) is 0 Å². The van der Waals surface area contributed by atoms with Crippen LogP contribution < -0.4 is 5.73 Å². The molecule has 0 saturated heterocycles. The second kappa shape index (κ2) is 5.01. The van der Waals surface area contributed by atoms with E-state index in [2.05, 4.69) is 48.0 Å². The Balaban J connectivity index is 1.78. The van der Waals surface area contributed by atoms with E-state index in [1.165, 1.54) is 17.0 Å². The van der Waals surface area contributed by atoms with E-state index in [1.54, 1.807) is 11.3 Å². The van der Waals surface area contributed by atoms with E-state index in [1.807, 2.05) is 0 Å². The molecule has 3 nitrogen and oxygen atoms in total. The molecule has 2 aromatic heterocycles. The second-order valence-corrected chi connectivity index (χ2v) is 7.73. The highest BCUT2D eigenvalue weighted by atomic mass is 32.1. The van der Waals surface area contributed by atoms with Crippen molar-refractivity contribution < 1.29 is 0 Å². The van der Waals surface area contributed by atoms with Gasteiger partial charge in [0.05, 0.1) is 10.7 Å². The van der Waals surface area contributed by atoms with Crippen LogP contribution in [0.25, 0.3) is 0 Å². The third-order valence-corrected chi connectivity index (χ3v) is 5.03. The third kappa shape index (κ3) is 2.67. The molecule has 20 heavy (non-hydrogen) atoms. The van der Waals surface area contributed by atoms with Crippen LogP contribution in [0.5, 0.6) is 0 Å². The van der Waals surface area contributed by atoms with Gasteiger partial charge in [-0.15, -0.1) is 11.3 Å². The molecule has 0 aliphatic heterocycles. The van der Waals surface area contributed by atoms with Gasteiger partial charge in [-0.2, -0.15) is 0 Å². The van der Waals surface area contributed by atoms with Crippen LogP contribution in [0.15, 0.2) is 17.6 Å². The predicted octanol–water partition coefficient (Wildman–Crippen LogP) is 3.47. The maximum Gasteiger partial charge on any atom is 0.0897 e. The topological polar surface area (TPSA) is 43.8 Å². The van der Waals surface area contributed by atoms with Crippen LogP contribution in [0.1, 0.15) is 48.3 Å². The minimum atomic E-state index is 0.191. The van der Waals surface area contributed by atoms with Crippen molar-refractivity contribution in [3.8, 4) is 0 Å². The predicted molar refractivity (Wildman–Crippen MR) is 84.0 cm³/mol. The minimum Gasteiger partial charge on any atom is -0.351 e. The van der Waals surface area contributed by atoms with Crippen molar-refractivity contribution in [3.63, 3.8) is 0 Å². The number of thiazole rings is 1. The fraction of sp³-hybridized carbons (Fsp3) is 0.562. The largest absolute Gasteiger partial charge is 0.351 e. The highest BCUT2D eigenvalue weighted by molar-refractivity contribution is 7.09. The summed E-state index contributed by atoms with van der Waals surface area (Å²) in [5.74, 6) is 0. The number of aromatic nitrogens is 2. The van der Waals surface area contributed by atoms with Crippen molar-refractivity contribution in [2.24, 2.45) is 11.1 Å². The lowest BCUT2D eigenvalue weighted by Gasteiger charge is -2.34. The summed E-state index contributed by atoms with van der Waals surface area (Å²) in [7, 11) is 0. The van der Waals surface area contributed by atoms with Crippen molar-refractivity contribution in [1.82, 2.24) is 9.55 Å². The van der Waals surface area contributed by atoms with Crippen LogP contribution in [-0.2, 0) is 19.4 Å². The van der Waals surface area contributed by atoms with E-state index in [4.69, 9.17) is 5.73 Å². The molecule has 2 aromatic rings. The molecule has 0 fully saturated rings. The van der Waals surface area contributed by atoms with Gasteiger partial charge in [0.25, 0.3) is 0 Å². The van der Waals surface area contributed by atoms with Crippen LogP contribution >= 0.6 is 11.3 Å². The summed E-state index contributed by atoms with van der Waals surface area (Å²) in [6.07, 6.45) is 5.40. The summed E-state index contributed by atoms with van der Waals surface area (Å²) in [5, 5.41) is 3.32. The maximum absolute atomic E-state index is 6.32. The number of hydrogen-bond donors (Lipinski definition) is 1. The Morgan fingerprint density at radius 3 is 3.00 bits per heavy atom. The first-order valence-electron chi connectivity index (χ1n) is 7.29. The van der Waals surface area contributed by atoms with Gasteiger partial charge in [-0.1, -0.05) is 13.8 Å². The molecule has 0 saturated carbocycles. The van der Waals surface area contributed by atoms with E-state index in [0.717, 1.165) is 30.8 Å². The molecule has 2 heterocycles. The Morgan fingerprint density at radius 2 is 2.30 bits per heavy atom. The summed E-state index contributed by atoms with van der Waals surface area (Å²) >= 11 is 1.73. The van der Waals surface area contributed by atoms with E-state index in [-0.39, 0.29) is 6.04 Å². The Labute approximate surface area is 124 Å². The van der Waals surface area contributed by atoms with Crippen LogP contribution in [0.3, 0.4) is 0 Å². The molecule has 0 radical (unpaired) electrons. The first-order valence-corrected chi connectivity index (χ1v) is 8.17. The van der Waals surface area contributed by atoms with Gasteiger partial charge in [-0.3, -0.25) is 0 Å². The maximum atomic E-state index is 6.32. The summed E-state index contributed by atoms with van der Waals surface area (Å²) in [6.45, 7) is 7.70. The Bertz CT molecular complexity index is 609.